The van der Waals surface area contributed by atoms with Gasteiger partial charge >= 0.3 is 0 Å². The lowest BCUT2D eigenvalue weighted by molar-refractivity contribution is 0.102. The Morgan fingerprint density at radius 3 is 2.76 bits per heavy atom. The topological polar surface area (TPSA) is 54.9 Å². The van der Waals surface area contributed by atoms with Crippen LogP contribution in [0.1, 0.15) is 10.5 Å². The molecule has 0 bridgehead atoms. The summed E-state index contributed by atoms with van der Waals surface area (Å²) in [6, 6.07) is 5.97. The lowest BCUT2D eigenvalue weighted by Gasteiger charge is -2.04. The molecular weight excluding hydrogens is 289 g/mol. The average molecular weight is 296 g/mol. The van der Waals surface area contributed by atoms with E-state index in [2.05, 4.69) is 31.2 Å². The molecule has 4 nitrogen and oxygen atoms in total. The maximum Gasteiger partial charge on any atom is 0.275 e. The summed E-state index contributed by atoms with van der Waals surface area (Å²) in [7, 11) is 0. The minimum Gasteiger partial charge on any atom is -0.304 e. The third-order valence-corrected chi connectivity index (χ3v) is 2.59. The third-order valence-electron chi connectivity index (χ3n) is 1.95. The van der Waals surface area contributed by atoms with Crippen LogP contribution >= 0.6 is 15.9 Å². The van der Waals surface area contributed by atoms with Gasteiger partial charge in [0.2, 0.25) is 0 Å². The second kappa shape index (κ2) is 5.01. The smallest absolute Gasteiger partial charge is 0.275 e. The summed E-state index contributed by atoms with van der Waals surface area (Å²) in [5.74, 6) is -0.534. The number of hydrogen-bond acceptors (Lipinski definition) is 3. The summed E-state index contributed by atoms with van der Waals surface area (Å²) < 4.78 is 13.3. The number of amides is 1. The van der Waals surface area contributed by atoms with E-state index in [0.717, 1.165) is 6.20 Å². The van der Waals surface area contributed by atoms with Crippen molar-refractivity contribution in [3.8, 4) is 0 Å². The molecule has 0 atom stereocenters. The van der Waals surface area contributed by atoms with Gasteiger partial charge in [0.05, 0.1) is 10.7 Å². The van der Waals surface area contributed by atoms with Gasteiger partial charge in [-0.15, -0.1) is 0 Å². The first-order valence-electron chi connectivity index (χ1n) is 4.70. The van der Waals surface area contributed by atoms with Crippen LogP contribution < -0.4 is 5.32 Å². The van der Waals surface area contributed by atoms with Crippen molar-refractivity contribution in [2.24, 2.45) is 0 Å². The van der Waals surface area contributed by atoms with Crippen molar-refractivity contribution in [1.29, 1.82) is 0 Å². The van der Waals surface area contributed by atoms with Gasteiger partial charge in [-0.1, -0.05) is 0 Å². The molecule has 0 aliphatic heterocycles. The van der Waals surface area contributed by atoms with Crippen LogP contribution in [-0.4, -0.2) is 15.9 Å². The Balaban J connectivity index is 2.17. The Kier molecular flexibility index (Phi) is 3.43. The van der Waals surface area contributed by atoms with E-state index >= 15 is 0 Å². The van der Waals surface area contributed by atoms with Crippen LogP contribution in [0.2, 0.25) is 0 Å². The number of pyridine rings is 2. The zero-order valence-electron chi connectivity index (χ0n) is 8.52. The molecule has 6 heteroatoms. The molecule has 2 heterocycles. The van der Waals surface area contributed by atoms with Crippen molar-refractivity contribution < 1.29 is 9.18 Å². The van der Waals surface area contributed by atoms with Crippen molar-refractivity contribution in [3.63, 3.8) is 0 Å². The largest absolute Gasteiger partial charge is 0.304 e. The monoisotopic (exact) mass is 295 g/mol. The third kappa shape index (κ3) is 2.85. The van der Waals surface area contributed by atoms with Crippen molar-refractivity contribution >= 4 is 27.7 Å². The van der Waals surface area contributed by atoms with Crippen LogP contribution in [0.25, 0.3) is 0 Å². The second-order valence-electron chi connectivity index (χ2n) is 3.15. The standard InChI is InChI=1S/C11H7BrFN3O/c12-8-2-1-5-14-10(8)16-11(17)9-4-3-7(13)6-15-9/h1-6H,(H,14,16,17). The van der Waals surface area contributed by atoms with Gasteiger partial charge in [0.15, 0.2) is 0 Å². The Hall–Kier alpha value is -1.82. The maximum absolute atomic E-state index is 12.6. The zero-order valence-corrected chi connectivity index (χ0v) is 10.1. The number of carbonyl (C=O) groups is 1. The lowest BCUT2D eigenvalue weighted by Crippen LogP contribution is -2.14. The Bertz CT molecular complexity index is 545. The molecular formula is C11H7BrFN3O. The highest BCUT2D eigenvalue weighted by molar-refractivity contribution is 9.10. The molecule has 1 amide bonds. The van der Waals surface area contributed by atoms with Crippen LogP contribution in [-0.2, 0) is 0 Å². The minimum absolute atomic E-state index is 0.129. The Morgan fingerprint density at radius 2 is 2.12 bits per heavy atom. The summed E-state index contributed by atoms with van der Waals surface area (Å²) in [4.78, 5) is 19.4. The normalized spacial score (nSPS) is 10.0. The molecule has 0 saturated carbocycles. The van der Waals surface area contributed by atoms with E-state index in [4.69, 9.17) is 0 Å². The lowest BCUT2D eigenvalue weighted by atomic mass is 10.3. The average Bonchev–Trinajstić information content (AvgIpc) is 2.33. The summed E-state index contributed by atoms with van der Waals surface area (Å²) in [5.41, 5.74) is 0.129. The molecule has 0 spiro atoms. The number of anilines is 1. The predicted octanol–water partition coefficient (Wildman–Crippen LogP) is 2.63. The van der Waals surface area contributed by atoms with Crippen molar-refractivity contribution in [2.45, 2.75) is 0 Å². The molecule has 0 saturated heterocycles. The van der Waals surface area contributed by atoms with E-state index in [1.807, 2.05) is 0 Å². The van der Waals surface area contributed by atoms with Gasteiger partial charge < -0.3 is 5.32 Å². The van der Waals surface area contributed by atoms with Crippen LogP contribution in [0.4, 0.5) is 10.2 Å². The molecule has 0 unspecified atom stereocenters. The Labute approximate surface area is 105 Å². The van der Waals surface area contributed by atoms with E-state index in [1.54, 1.807) is 18.3 Å². The molecule has 2 aromatic rings. The van der Waals surface area contributed by atoms with Gasteiger partial charge in [0.25, 0.3) is 5.91 Å². The molecule has 86 valence electrons. The fraction of sp³-hybridized carbons (Fsp3) is 0. The minimum atomic E-state index is -0.486. The number of rotatable bonds is 2. The number of carbonyl (C=O) groups excluding carboxylic acids is 1. The molecule has 2 aromatic heterocycles. The summed E-state index contributed by atoms with van der Waals surface area (Å²) in [6.45, 7) is 0. The molecule has 0 aromatic carbocycles. The van der Waals surface area contributed by atoms with Crippen molar-refractivity contribution in [2.75, 3.05) is 5.32 Å². The first-order chi connectivity index (χ1) is 8.16. The zero-order chi connectivity index (χ0) is 12.3. The van der Waals surface area contributed by atoms with E-state index in [0.29, 0.717) is 10.3 Å². The first-order valence-corrected chi connectivity index (χ1v) is 5.49. The SMILES string of the molecule is O=C(Nc1ncccc1Br)c1ccc(F)cn1. The molecule has 2 rings (SSSR count). The number of halogens is 2. The first kappa shape index (κ1) is 11.7. The summed E-state index contributed by atoms with van der Waals surface area (Å²) in [6.07, 6.45) is 2.54. The van der Waals surface area contributed by atoms with Crippen LogP contribution in [0.3, 0.4) is 0 Å². The van der Waals surface area contributed by atoms with E-state index in [-0.39, 0.29) is 5.69 Å². The van der Waals surface area contributed by atoms with Gasteiger partial charge in [-0.05, 0) is 40.2 Å². The molecule has 1 N–H and O–H groups in total. The number of aromatic nitrogens is 2. The van der Waals surface area contributed by atoms with Gasteiger partial charge in [0, 0.05) is 6.20 Å². The van der Waals surface area contributed by atoms with Gasteiger partial charge in [-0.2, -0.15) is 0 Å². The van der Waals surface area contributed by atoms with E-state index in [9.17, 15) is 9.18 Å². The summed E-state index contributed by atoms with van der Waals surface area (Å²) >= 11 is 3.25. The van der Waals surface area contributed by atoms with Gasteiger partial charge in [-0.25, -0.2) is 14.4 Å². The highest BCUT2D eigenvalue weighted by Gasteiger charge is 2.09. The second-order valence-corrected chi connectivity index (χ2v) is 4.00. The van der Waals surface area contributed by atoms with E-state index in [1.165, 1.54) is 12.1 Å². The molecule has 0 aliphatic carbocycles. The number of nitrogens with zero attached hydrogens (tertiary/aromatic N) is 2. The quantitative estimate of drug-likeness (QED) is 0.927. The van der Waals surface area contributed by atoms with Gasteiger partial charge in [-0.3, -0.25) is 4.79 Å². The molecule has 0 aliphatic rings. The number of nitrogens with one attached hydrogen (secondary N) is 1. The fourth-order valence-electron chi connectivity index (χ4n) is 1.16. The van der Waals surface area contributed by atoms with Gasteiger partial charge in [0.1, 0.15) is 17.3 Å². The van der Waals surface area contributed by atoms with Crippen molar-refractivity contribution in [3.05, 3.63) is 52.6 Å². The van der Waals surface area contributed by atoms with Crippen molar-refractivity contribution in [1.82, 2.24) is 9.97 Å². The summed E-state index contributed by atoms with van der Waals surface area (Å²) in [5, 5.41) is 2.56. The number of hydrogen-bond donors (Lipinski definition) is 1. The highest BCUT2D eigenvalue weighted by Crippen LogP contribution is 2.18. The van der Waals surface area contributed by atoms with Crippen LogP contribution in [0, 0.1) is 5.82 Å². The molecule has 17 heavy (non-hydrogen) atoms. The van der Waals surface area contributed by atoms with Crippen LogP contribution in [0.5, 0.6) is 0 Å². The predicted molar refractivity (Wildman–Crippen MR) is 64.1 cm³/mol. The Morgan fingerprint density at radius 1 is 1.29 bits per heavy atom. The highest BCUT2D eigenvalue weighted by atomic mass is 79.9. The molecule has 0 radical (unpaired) electrons. The fourth-order valence-corrected chi connectivity index (χ4v) is 1.51. The van der Waals surface area contributed by atoms with E-state index < -0.39 is 11.7 Å². The van der Waals surface area contributed by atoms with Crippen LogP contribution in [0.15, 0.2) is 41.1 Å². The maximum atomic E-state index is 12.6. The molecule has 0 fully saturated rings.